The fourth-order valence-corrected chi connectivity index (χ4v) is 1.46. The summed E-state index contributed by atoms with van der Waals surface area (Å²) < 4.78 is 26.3. The van der Waals surface area contributed by atoms with Gasteiger partial charge in [0.15, 0.2) is 11.6 Å². The molecule has 0 saturated heterocycles. The minimum atomic E-state index is -1.24. The van der Waals surface area contributed by atoms with Crippen molar-refractivity contribution >= 4 is 11.9 Å². The van der Waals surface area contributed by atoms with Crippen LogP contribution in [-0.4, -0.2) is 40.1 Å². The summed E-state index contributed by atoms with van der Waals surface area (Å²) in [6.45, 7) is -1.42. The number of hydrogen-bond donors (Lipinski definition) is 2. The lowest BCUT2D eigenvalue weighted by Crippen LogP contribution is -2.34. The summed E-state index contributed by atoms with van der Waals surface area (Å²) in [6, 6.07) is 3.47. The van der Waals surface area contributed by atoms with E-state index in [-0.39, 0.29) is 12.1 Å². The summed E-state index contributed by atoms with van der Waals surface area (Å²) in [5.74, 6) is -4.64. The van der Waals surface area contributed by atoms with Crippen LogP contribution in [0.2, 0.25) is 0 Å². The molecule has 0 fully saturated rings. The SMILES string of the molecule is O=C(O)CN(CC(=O)O)Cc1cccc(F)c1F. The largest absolute Gasteiger partial charge is 0.480 e. The third-order valence-corrected chi connectivity index (χ3v) is 2.14. The maximum absolute atomic E-state index is 13.3. The quantitative estimate of drug-likeness (QED) is 0.794. The lowest BCUT2D eigenvalue weighted by Gasteiger charge is -2.18. The van der Waals surface area contributed by atoms with E-state index in [1.54, 1.807) is 0 Å². The zero-order valence-electron chi connectivity index (χ0n) is 9.27. The molecule has 5 nitrogen and oxygen atoms in total. The van der Waals surface area contributed by atoms with Crippen molar-refractivity contribution in [3.05, 3.63) is 35.4 Å². The molecule has 98 valence electrons. The predicted octanol–water partition coefficient (Wildman–Crippen LogP) is 0.936. The monoisotopic (exact) mass is 259 g/mol. The number of nitrogens with zero attached hydrogens (tertiary/aromatic N) is 1. The van der Waals surface area contributed by atoms with Gasteiger partial charge >= 0.3 is 11.9 Å². The number of aliphatic carboxylic acids is 2. The molecule has 0 amide bonds. The van der Waals surface area contributed by atoms with E-state index < -0.39 is 36.7 Å². The zero-order valence-corrected chi connectivity index (χ0v) is 9.27. The average Bonchev–Trinajstić information content (AvgIpc) is 2.23. The van der Waals surface area contributed by atoms with E-state index in [0.717, 1.165) is 11.0 Å². The number of carbonyl (C=O) groups is 2. The number of benzene rings is 1. The van der Waals surface area contributed by atoms with Crippen LogP contribution in [0.1, 0.15) is 5.56 Å². The average molecular weight is 259 g/mol. The second-order valence-electron chi connectivity index (χ2n) is 3.65. The number of carboxylic acids is 2. The molecule has 0 unspecified atom stereocenters. The Morgan fingerprint density at radius 1 is 1.11 bits per heavy atom. The van der Waals surface area contributed by atoms with Gasteiger partial charge in [-0.05, 0) is 6.07 Å². The first-order valence-electron chi connectivity index (χ1n) is 4.99. The van der Waals surface area contributed by atoms with Crippen LogP contribution in [0.25, 0.3) is 0 Å². The molecule has 0 bridgehead atoms. The number of rotatable bonds is 6. The number of hydrogen-bond acceptors (Lipinski definition) is 3. The van der Waals surface area contributed by atoms with Crippen LogP contribution in [0.5, 0.6) is 0 Å². The number of carboxylic acid groups (broad SMARTS) is 2. The van der Waals surface area contributed by atoms with Gasteiger partial charge in [0.25, 0.3) is 0 Å². The van der Waals surface area contributed by atoms with Crippen molar-refractivity contribution in [2.45, 2.75) is 6.54 Å². The fourth-order valence-electron chi connectivity index (χ4n) is 1.46. The molecule has 0 saturated carbocycles. The third kappa shape index (κ3) is 4.10. The lowest BCUT2D eigenvalue weighted by molar-refractivity contribution is -0.142. The minimum Gasteiger partial charge on any atom is -0.480 e. The Hall–Kier alpha value is -2.02. The van der Waals surface area contributed by atoms with Crippen molar-refractivity contribution < 1.29 is 28.6 Å². The van der Waals surface area contributed by atoms with Gasteiger partial charge in [-0.2, -0.15) is 0 Å². The van der Waals surface area contributed by atoms with E-state index in [1.165, 1.54) is 12.1 Å². The molecule has 0 atom stereocenters. The van der Waals surface area contributed by atoms with Gasteiger partial charge in [0.2, 0.25) is 0 Å². The maximum Gasteiger partial charge on any atom is 0.317 e. The molecule has 0 aliphatic heterocycles. The van der Waals surface area contributed by atoms with Gasteiger partial charge in [-0.1, -0.05) is 12.1 Å². The van der Waals surface area contributed by atoms with Crippen molar-refractivity contribution in [3.8, 4) is 0 Å². The van der Waals surface area contributed by atoms with Crippen molar-refractivity contribution in [1.29, 1.82) is 0 Å². The van der Waals surface area contributed by atoms with Crippen LogP contribution >= 0.6 is 0 Å². The van der Waals surface area contributed by atoms with Gasteiger partial charge in [-0.3, -0.25) is 14.5 Å². The van der Waals surface area contributed by atoms with Gasteiger partial charge in [0.1, 0.15) is 0 Å². The van der Waals surface area contributed by atoms with E-state index in [4.69, 9.17) is 10.2 Å². The topological polar surface area (TPSA) is 77.8 Å². The zero-order chi connectivity index (χ0) is 13.7. The summed E-state index contributed by atoms with van der Waals surface area (Å²) in [6.07, 6.45) is 0. The molecule has 0 aliphatic carbocycles. The second-order valence-corrected chi connectivity index (χ2v) is 3.65. The molecule has 0 heterocycles. The fraction of sp³-hybridized carbons (Fsp3) is 0.273. The van der Waals surface area contributed by atoms with Crippen molar-refractivity contribution in [2.75, 3.05) is 13.1 Å². The molecule has 1 aromatic rings. The van der Waals surface area contributed by atoms with Gasteiger partial charge < -0.3 is 10.2 Å². The molecule has 0 aliphatic rings. The van der Waals surface area contributed by atoms with Crippen molar-refractivity contribution in [1.82, 2.24) is 4.90 Å². The van der Waals surface area contributed by atoms with E-state index in [2.05, 4.69) is 0 Å². The standard InChI is InChI=1S/C11H11F2NO4/c12-8-3-1-2-7(11(8)13)4-14(5-9(15)16)6-10(17)18/h1-3H,4-6H2,(H,15,16)(H,17,18). The number of halogens is 2. The first kappa shape index (κ1) is 14.0. The van der Waals surface area contributed by atoms with E-state index in [9.17, 15) is 18.4 Å². The summed E-state index contributed by atoms with van der Waals surface area (Å²) in [4.78, 5) is 22.1. The Bertz CT molecular complexity index is 448. The van der Waals surface area contributed by atoms with Gasteiger partial charge in [0, 0.05) is 12.1 Å². The van der Waals surface area contributed by atoms with Crippen LogP contribution in [0.4, 0.5) is 8.78 Å². The van der Waals surface area contributed by atoms with E-state index in [1.807, 2.05) is 0 Å². The van der Waals surface area contributed by atoms with Crippen molar-refractivity contribution in [2.24, 2.45) is 0 Å². The second kappa shape index (κ2) is 6.06. The molecular formula is C11H11F2NO4. The Morgan fingerprint density at radius 2 is 1.67 bits per heavy atom. The highest BCUT2D eigenvalue weighted by Crippen LogP contribution is 2.13. The van der Waals surface area contributed by atoms with Gasteiger partial charge in [0.05, 0.1) is 13.1 Å². The molecule has 0 radical (unpaired) electrons. The Labute approximate surface area is 101 Å². The highest BCUT2D eigenvalue weighted by molar-refractivity contribution is 5.72. The maximum atomic E-state index is 13.3. The molecule has 2 N–H and O–H groups in total. The third-order valence-electron chi connectivity index (χ3n) is 2.14. The molecule has 7 heteroatoms. The van der Waals surface area contributed by atoms with E-state index in [0.29, 0.717) is 0 Å². The smallest absolute Gasteiger partial charge is 0.317 e. The van der Waals surface area contributed by atoms with Crippen LogP contribution in [0.15, 0.2) is 18.2 Å². The molecule has 1 rings (SSSR count). The molecule has 0 spiro atoms. The van der Waals surface area contributed by atoms with Crippen LogP contribution < -0.4 is 0 Å². The minimum absolute atomic E-state index is 0.0856. The first-order chi connectivity index (χ1) is 8.40. The lowest BCUT2D eigenvalue weighted by atomic mass is 10.2. The van der Waals surface area contributed by atoms with Crippen LogP contribution in [-0.2, 0) is 16.1 Å². The highest BCUT2D eigenvalue weighted by atomic mass is 19.2. The Morgan fingerprint density at radius 3 is 2.17 bits per heavy atom. The van der Waals surface area contributed by atoms with Crippen LogP contribution in [0.3, 0.4) is 0 Å². The summed E-state index contributed by atoms with van der Waals surface area (Å²) in [7, 11) is 0. The Balaban J connectivity index is 2.84. The van der Waals surface area contributed by atoms with Crippen LogP contribution in [0, 0.1) is 11.6 Å². The summed E-state index contributed by atoms with van der Waals surface area (Å²) >= 11 is 0. The highest BCUT2D eigenvalue weighted by Gasteiger charge is 2.17. The normalized spacial score (nSPS) is 10.6. The summed E-state index contributed by atoms with van der Waals surface area (Å²) in [5.41, 5.74) is -0.0856. The van der Waals surface area contributed by atoms with Gasteiger partial charge in [-0.25, -0.2) is 8.78 Å². The first-order valence-corrected chi connectivity index (χ1v) is 4.99. The predicted molar refractivity (Wildman–Crippen MR) is 56.9 cm³/mol. The molecular weight excluding hydrogens is 248 g/mol. The van der Waals surface area contributed by atoms with Gasteiger partial charge in [-0.15, -0.1) is 0 Å². The molecule has 1 aromatic carbocycles. The molecule has 0 aromatic heterocycles. The Kier molecular flexibility index (Phi) is 4.73. The summed E-state index contributed by atoms with van der Waals surface area (Å²) in [5, 5.41) is 17.2. The van der Waals surface area contributed by atoms with Crippen molar-refractivity contribution in [3.63, 3.8) is 0 Å². The molecule has 18 heavy (non-hydrogen) atoms. The van der Waals surface area contributed by atoms with E-state index >= 15 is 0 Å².